The van der Waals surface area contributed by atoms with Crippen LogP contribution in [0, 0.1) is 0 Å². The van der Waals surface area contributed by atoms with Crippen molar-refractivity contribution in [2.24, 2.45) is 0 Å². The average molecular weight is 501 g/mol. The molecule has 7 nitrogen and oxygen atoms in total. The first kappa shape index (κ1) is 26.4. The third-order valence-corrected chi connectivity index (χ3v) is 6.52. The van der Waals surface area contributed by atoms with Gasteiger partial charge in [0, 0.05) is 43.3 Å². The highest BCUT2D eigenvalue weighted by Crippen LogP contribution is 2.26. The summed E-state index contributed by atoms with van der Waals surface area (Å²) < 4.78 is 5.49. The number of nitrogens with one attached hydrogen (secondary N) is 2. The highest BCUT2D eigenvalue weighted by atomic mass is 16.5. The molecule has 0 fully saturated rings. The van der Waals surface area contributed by atoms with Gasteiger partial charge in [-0.3, -0.25) is 14.6 Å². The van der Waals surface area contributed by atoms with Crippen LogP contribution in [0.15, 0.2) is 67.0 Å². The second-order valence-corrected chi connectivity index (χ2v) is 9.25. The molecule has 2 heterocycles. The molecule has 2 amide bonds. The van der Waals surface area contributed by atoms with Gasteiger partial charge < -0.3 is 20.3 Å². The van der Waals surface area contributed by atoms with Crippen LogP contribution in [-0.2, 0) is 13.1 Å². The molecule has 4 rings (SSSR count). The Morgan fingerprint density at radius 2 is 1.81 bits per heavy atom. The predicted octanol–water partition coefficient (Wildman–Crippen LogP) is 5.11. The average Bonchev–Trinajstić information content (AvgIpc) is 2.93. The number of hydrogen-bond acceptors (Lipinski definition) is 5. The van der Waals surface area contributed by atoms with Gasteiger partial charge in [0.05, 0.1) is 12.2 Å². The Balaban J connectivity index is 1.55. The zero-order valence-electron chi connectivity index (χ0n) is 21.5. The van der Waals surface area contributed by atoms with Gasteiger partial charge in [-0.05, 0) is 79.9 Å². The molecule has 0 aliphatic carbocycles. The molecule has 1 aliphatic rings. The first-order valence-electron chi connectivity index (χ1n) is 13.2. The number of amides is 2. The fourth-order valence-electron chi connectivity index (χ4n) is 4.54. The summed E-state index contributed by atoms with van der Waals surface area (Å²) in [5.41, 5.74) is 3.91. The maximum Gasteiger partial charge on any atom is 0.259 e. The minimum Gasteiger partial charge on any atom is -0.494 e. The lowest BCUT2D eigenvalue weighted by molar-refractivity contribution is 0.0949. The third-order valence-electron chi connectivity index (χ3n) is 6.52. The largest absolute Gasteiger partial charge is 0.494 e. The SMILES string of the molecule is CCOc1ccc(CNC(=O)c2ccc3c(c2)CNCCCCCCCN3C(=O)c2cccnc2)cc1. The molecule has 2 aromatic carbocycles. The van der Waals surface area contributed by atoms with E-state index in [2.05, 4.69) is 15.6 Å². The number of hydrogen-bond donors (Lipinski definition) is 2. The molecule has 1 aliphatic heterocycles. The van der Waals surface area contributed by atoms with E-state index in [9.17, 15) is 9.59 Å². The number of fused-ring (bicyclic) bond motifs is 1. The molecular formula is C30H36N4O3. The van der Waals surface area contributed by atoms with Gasteiger partial charge >= 0.3 is 0 Å². The minimum absolute atomic E-state index is 0.0703. The normalized spacial score (nSPS) is 14.6. The van der Waals surface area contributed by atoms with Gasteiger partial charge in [-0.1, -0.05) is 31.4 Å². The van der Waals surface area contributed by atoms with Crippen molar-refractivity contribution in [3.05, 3.63) is 89.2 Å². The van der Waals surface area contributed by atoms with E-state index in [0.717, 1.165) is 54.8 Å². The predicted molar refractivity (Wildman–Crippen MR) is 146 cm³/mol. The van der Waals surface area contributed by atoms with E-state index < -0.39 is 0 Å². The molecule has 0 saturated carbocycles. The van der Waals surface area contributed by atoms with E-state index in [1.165, 1.54) is 6.42 Å². The zero-order chi connectivity index (χ0) is 25.9. The van der Waals surface area contributed by atoms with Crippen LogP contribution in [0.2, 0.25) is 0 Å². The minimum atomic E-state index is -0.145. The lowest BCUT2D eigenvalue weighted by atomic mass is 10.0. The molecule has 37 heavy (non-hydrogen) atoms. The number of aromatic nitrogens is 1. The third kappa shape index (κ3) is 7.40. The van der Waals surface area contributed by atoms with E-state index >= 15 is 0 Å². The monoisotopic (exact) mass is 500 g/mol. The summed E-state index contributed by atoms with van der Waals surface area (Å²) in [6, 6.07) is 16.9. The van der Waals surface area contributed by atoms with Crippen LogP contribution < -0.4 is 20.3 Å². The van der Waals surface area contributed by atoms with Crippen LogP contribution in [0.4, 0.5) is 5.69 Å². The van der Waals surface area contributed by atoms with Crippen molar-refractivity contribution in [2.75, 3.05) is 24.6 Å². The molecule has 1 aromatic heterocycles. The highest BCUT2D eigenvalue weighted by Gasteiger charge is 2.22. The molecule has 194 valence electrons. The molecule has 0 unspecified atom stereocenters. The Morgan fingerprint density at radius 3 is 2.59 bits per heavy atom. The Bertz CT molecular complexity index is 1170. The number of anilines is 1. The van der Waals surface area contributed by atoms with E-state index in [0.29, 0.717) is 37.4 Å². The molecule has 0 spiro atoms. The van der Waals surface area contributed by atoms with Crippen LogP contribution in [-0.4, -0.2) is 36.5 Å². The first-order chi connectivity index (χ1) is 18.2. The summed E-state index contributed by atoms with van der Waals surface area (Å²) >= 11 is 0. The standard InChI is InChI=1S/C30H36N4O3/c1-2-37-27-13-10-23(11-14-27)20-33-29(35)24-12-15-28-26(19-24)22-31-16-6-4-3-5-7-18-34(28)30(36)25-9-8-17-32-21-25/h8-15,17,19,21,31H,2-7,16,18,20,22H2,1H3,(H,33,35). The summed E-state index contributed by atoms with van der Waals surface area (Å²) in [4.78, 5) is 32.5. The van der Waals surface area contributed by atoms with Gasteiger partial charge in [0.1, 0.15) is 5.75 Å². The van der Waals surface area contributed by atoms with Gasteiger partial charge in [0.15, 0.2) is 0 Å². The molecule has 3 aromatic rings. The molecular weight excluding hydrogens is 464 g/mol. The second-order valence-electron chi connectivity index (χ2n) is 9.25. The number of carbonyl (C=O) groups is 2. The molecule has 0 bridgehead atoms. The van der Waals surface area contributed by atoms with Crippen molar-refractivity contribution in [3.63, 3.8) is 0 Å². The quantitative estimate of drug-likeness (QED) is 0.491. The smallest absolute Gasteiger partial charge is 0.259 e. The highest BCUT2D eigenvalue weighted by molar-refractivity contribution is 6.06. The van der Waals surface area contributed by atoms with E-state index in [1.54, 1.807) is 24.5 Å². The van der Waals surface area contributed by atoms with Gasteiger partial charge in [0.2, 0.25) is 0 Å². The molecule has 2 N–H and O–H groups in total. The van der Waals surface area contributed by atoms with E-state index in [1.807, 2.05) is 54.3 Å². The Kier molecular flexibility index (Phi) is 9.66. The lowest BCUT2D eigenvalue weighted by Gasteiger charge is -2.26. The summed E-state index contributed by atoms with van der Waals surface area (Å²) in [5, 5.41) is 6.52. The van der Waals surface area contributed by atoms with Crippen LogP contribution in [0.1, 0.15) is 70.9 Å². The number of benzene rings is 2. The fourth-order valence-corrected chi connectivity index (χ4v) is 4.54. The van der Waals surface area contributed by atoms with Crippen LogP contribution in [0.3, 0.4) is 0 Å². The van der Waals surface area contributed by atoms with Crippen molar-refractivity contribution < 1.29 is 14.3 Å². The van der Waals surface area contributed by atoms with E-state index in [-0.39, 0.29) is 11.8 Å². The van der Waals surface area contributed by atoms with Gasteiger partial charge in [-0.2, -0.15) is 0 Å². The number of rotatable bonds is 6. The van der Waals surface area contributed by atoms with Crippen LogP contribution in [0.25, 0.3) is 0 Å². The maximum absolute atomic E-state index is 13.5. The van der Waals surface area contributed by atoms with Crippen LogP contribution in [0.5, 0.6) is 5.75 Å². The number of carbonyl (C=O) groups excluding carboxylic acids is 2. The first-order valence-corrected chi connectivity index (χ1v) is 13.2. The zero-order valence-corrected chi connectivity index (χ0v) is 21.5. The topological polar surface area (TPSA) is 83.6 Å². The van der Waals surface area contributed by atoms with Crippen molar-refractivity contribution >= 4 is 17.5 Å². The maximum atomic E-state index is 13.5. The lowest BCUT2D eigenvalue weighted by Crippen LogP contribution is -2.34. The van der Waals surface area contributed by atoms with Crippen molar-refractivity contribution in [2.45, 2.75) is 52.1 Å². The Hall–Kier alpha value is -3.71. The molecule has 0 atom stereocenters. The number of pyridine rings is 1. The van der Waals surface area contributed by atoms with Gasteiger partial charge in [-0.15, -0.1) is 0 Å². The van der Waals surface area contributed by atoms with Crippen LogP contribution >= 0.6 is 0 Å². The number of nitrogens with zero attached hydrogens (tertiary/aromatic N) is 2. The fraction of sp³-hybridized carbons (Fsp3) is 0.367. The summed E-state index contributed by atoms with van der Waals surface area (Å²) in [6.45, 7) is 5.12. The molecule has 7 heteroatoms. The summed E-state index contributed by atoms with van der Waals surface area (Å²) in [6.07, 6.45) is 8.75. The summed E-state index contributed by atoms with van der Waals surface area (Å²) in [7, 11) is 0. The Morgan fingerprint density at radius 1 is 1.00 bits per heavy atom. The number of ether oxygens (including phenoxy) is 1. The van der Waals surface area contributed by atoms with Crippen molar-refractivity contribution in [1.82, 2.24) is 15.6 Å². The summed E-state index contributed by atoms with van der Waals surface area (Å²) in [5.74, 6) is 0.599. The molecule has 0 saturated heterocycles. The second kappa shape index (κ2) is 13.6. The van der Waals surface area contributed by atoms with Gasteiger partial charge in [-0.25, -0.2) is 0 Å². The Labute approximate surface area is 219 Å². The van der Waals surface area contributed by atoms with Crippen molar-refractivity contribution in [3.8, 4) is 5.75 Å². The van der Waals surface area contributed by atoms with Crippen molar-refractivity contribution in [1.29, 1.82) is 0 Å². The van der Waals surface area contributed by atoms with E-state index in [4.69, 9.17) is 4.74 Å². The molecule has 0 radical (unpaired) electrons. The van der Waals surface area contributed by atoms with Gasteiger partial charge in [0.25, 0.3) is 11.8 Å².